The van der Waals surface area contributed by atoms with Crippen LogP contribution in [-0.4, -0.2) is 0 Å². The van der Waals surface area contributed by atoms with E-state index in [0.717, 1.165) is 39.0 Å². The predicted octanol–water partition coefficient (Wildman–Crippen LogP) is 17.6. The van der Waals surface area contributed by atoms with Crippen LogP contribution in [0.3, 0.4) is 0 Å². The molecule has 10 aromatic carbocycles. The molecule has 0 amide bonds. The van der Waals surface area contributed by atoms with Crippen LogP contribution in [0.25, 0.3) is 64.0 Å². The lowest BCUT2D eigenvalue weighted by atomic mass is 10.0. The lowest BCUT2D eigenvalue weighted by Gasteiger charge is -2.42. The van der Waals surface area contributed by atoms with E-state index in [9.17, 15) is 0 Å². The maximum atomic E-state index is 6.90. The number of hydrogen-bond acceptors (Lipinski definition) is 3. The molecule has 294 valence electrons. The largest absolute Gasteiger partial charge is 0.455 e. The Morgan fingerprint density at radius 1 is 0.371 bits per heavy atom. The zero-order chi connectivity index (χ0) is 41.0. The van der Waals surface area contributed by atoms with Gasteiger partial charge in [-0.3, -0.25) is 0 Å². The van der Waals surface area contributed by atoms with Crippen LogP contribution < -0.4 is 4.90 Å². The molecule has 0 N–H and O–H groups in total. The second-order valence-electron chi connectivity index (χ2n) is 15.7. The van der Waals surface area contributed by atoms with Gasteiger partial charge in [-0.25, -0.2) is 0 Å². The summed E-state index contributed by atoms with van der Waals surface area (Å²) >= 11 is 1.82. The molecule has 0 atom stereocenters. The van der Waals surface area contributed by atoms with Crippen molar-refractivity contribution in [3.8, 4) is 11.1 Å². The topological polar surface area (TPSA) is 16.4 Å². The molecule has 0 bridgehead atoms. The predicted molar refractivity (Wildman–Crippen MR) is 264 cm³/mol. The van der Waals surface area contributed by atoms with Crippen molar-refractivity contribution < 1.29 is 4.42 Å². The zero-order valence-electron chi connectivity index (χ0n) is 33.7. The molecule has 0 aliphatic rings. The minimum absolute atomic E-state index is 0.885. The van der Waals surface area contributed by atoms with Gasteiger partial charge in [0.2, 0.25) is 0 Å². The Bertz CT molecular complexity index is 3460. The van der Waals surface area contributed by atoms with E-state index in [1.807, 2.05) is 11.3 Å². The molecular formula is C58H39NOS2. The fourth-order valence-electron chi connectivity index (χ4n) is 9.34. The number of furan rings is 1. The van der Waals surface area contributed by atoms with Crippen LogP contribution in [0.15, 0.2) is 261 Å². The highest BCUT2D eigenvalue weighted by Gasteiger charge is 2.33. The van der Waals surface area contributed by atoms with Gasteiger partial charge in [0, 0.05) is 56.5 Å². The van der Waals surface area contributed by atoms with Gasteiger partial charge >= 0.3 is 0 Å². The normalized spacial score (nSPS) is 12.1. The summed E-state index contributed by atoms with van der Waals surface area (Å²) in [7, 11) is -1.87. The molecule has 0 unspecified atom stereocenters. The summed E-state index contributed by atoms with van der Waals surface area (Å²) in [6, 6.07) is 86.5. The Kier molecular flexibility index (Phi) is 8.81. The molecule has 12 rings (SSSR count). The van der Waals surface area contributed by atoms with Gasteiger partial charge in [0.25, 0.3) is 0 Å². The Morgan fingerprint density at radius 3 is 1.55 bits per heavy atom. The average molecular weight is 830 g/mol. The molecule has 12 aromatic rings. The average Bonchev–Trinajstić information content (AvgIpc) is 3.92. The van der Waals surface area contributed by atoms with E-state index < -0.39 is 10.0 Å². The molecule has 4 heteroatoms. The second-order valence-corrected chi connectivity index (χ2v) is 19.9. The third kappa shape index (κ3) is 5.87. The number of thiophene rings is 1. The van der Waals surface area contributed by atoms with Crippen molar-refractivity contribution in [2.45, 2.75) is 19.6 Å². The molecule has 0 aliphatic heterocycles. The molecule has 0 spiro atoms. The molecule has 2 heterocycles. The van der Waals surface area contributed by atoms with E-state index in [0.29, 0.717) is 0 Å². The van der Waals surface area contributed by atoms with Gasteiger partial charge in [0.15, 0.2) is 0 Å². The summed E-state index contributed by atoms with van der Waals surface area (Å²) in [6.45, 7) is 0. The third-order valence-electron chi connectivity index (χ3n) is 12.2. The number of nitrogens with zero attached hydrogens (tertiary/aromatic N) is 1. The number of anilines is 3. The first-order valence-electron chi connectivity index (χ1n) is 21.0. The van der Waals surface area contributed by atoms with Crippen LogP contribution >= 0.6 is 21.4 Å². The summed E-state index contributed by atoms with van der Waals surface area (Å²) in [5.41, 5.74) is 7.41. The molecule has 0 fully saturated rings. The van der Waals surface area contributed by atoms with Crippen molar-refractivity contribution in [2.75, 3.05) is 4.90 Å². The number of para-hydroxylation sites is 1. The van der Waals surface area contributed by atoms with Crippen molar-refractivity contribution in [3.05, 3.63) is 237 Å². The minimum Gasteiger partial charge on any atom is -0.455 e. The van der Waals surface area contributed by atoms with Gasteiger partial charge in [-0.05, 0) is 119 Å². The number of rotatable bonds is 8. The third-order valence-corrected chi connectivity index (χ3v) is 17.2. The standard InChI is InChI=1S/C58H39NOS2/c1-4-18-46(19-5-1)62(47-20-6-2-7-21-47,48-22-8-3-9-23-48)49-36-34-45(35-37-49)59(44-32-30-41(31-33-44)43-29-28-40-16-10-11-17-42(40)38-43)52-39-55-57(51-25-13-15-27-54(51)61-55)58-56(52)50-24-12-14-26-53(50)60-58/h1-39H. The SMILES string of the molecule is c1ccc(S(c2ccccc2)(c2ccccc2)c2ccc(N(c3ccc(-c4ccc5ccccc5c4)cc3)c3cc4sc5ccccc5c4c4oc5ccccc5c34)cc2)cc1. The Hall–Kier alpha value is -7.37. The smallest absolute Gasteiger partial charge is 0.146 e. The van der Waals surface area contributed by atoms with Gasteiger partial charge in [-0.2, -0.15) is 0 Å². The van der Waals surface area contributed by atoms with Gasteiger partial charge in [-0.1, -0.05) is 140 Å². The fraction of sp³-hybridized carbons (Fsp3) is 0. The molecule has 2 nitrogen and oxygen atoms in total. The van der Waals surface area contributed by atoms with E-state index in [1.165, 1.54) is 61.7 Å². The molecule has 0 radical (unpaired) electrons. The van der Waals surface area contributed by atoms with E-state index in [1.54, 1.807) is 0 Å². The van der Waals surface area contributed by atoms with Crippen molar-refractivity contribution in [2.24, 2.45) is 0 Å². The van der Waals surface area contributed by atoms with Crippen LogP contribution in [0.4, 0.5) is 17.1 Å². The molecule has 0 saturated carbocycles. The first kappa shape index (κ1) is 36.5. The monoisotopic (exact) mass is 829 g/mol. The zero-order valence-corrected chi connectivity index (χ0v) is 35.3. The summed E-state index contributed by atoms with van der Waals surface area (Å²) in [6.07, 6.45) is 0. The van der Waals surface area contributed by atoms with Crippen molar-refractivity contribution in [3.63, 3.8) is 0 Å². The highest BCUT2D eigenvalue weighted by atomic mass is 32.3. The highest BCUT2D eigenvalue weighted by molar-refractivity contribution is 8.34. The lowest BCUT2D eigenvalue weighted by Crippen LogP contribution is -2.11. The van der Waals surface area contributed by atoms with Crippen LogP contribution in [0.2, 0.25) is 0 Å². The minimum atomic E-state index is -1.87. The van der Waals surface area contributed by atoms with Gasteiger partial charge in [-0.15, -0.1) is 21.4 Å². The maximum absolute atomic E-state index is 6.90. The van der Waals surface area contributed by atoms with Gasteiger partial charge < -0.3 is 9.32 Å². The van der Waals surface area contributed by atoms with E-state index >= 15 is 0 Å². The summed E-state index contributed by atoms with van der Waals surface area (Å²) in [4.78, 5) is 7.61. The lowest BCUT2D eigenvalue weighted by molar-refractivity contribution is 0.673. The highest BCUT2D eigenvalue weighted by Crippen LogP contribution is 2.73. The summed E-state index contributed by atoms with van der Waals surface area (Å²) < 4.78 is 9.35. The van der Waals surface area contributed by atoms with Crippen molar-refractivity contribution in [1.82, 2.24) is 0 Å². The number of benzene rings is 10. The van der Waals surface area contributed by atoms with Crippen LogP contribution in [0, 0.1) is 0 Å². The van der Waals surface area contributed by atoms with Gasteiger partial charge in [0.05, 0.1) is 11.1 Å². The Morgan fingerprint density at radius 2 is 0.887 bits per heavy atom. The summed E-state index contributed by atoms with van der Waals surface area (Å²) in [5, 5.41) is 7.08. The fourth-order valence-corrected chi connectivity index (χ4v) is 14.3. The van der Waals surface area contributed by atoms with Crippen molar-refractivity contribution in [1.29, 1.82) is 0 Å². The Labute approximate surface area is 365 Å². The summed E-state index contributed by atoms with van der Waals surface area (Å²) in [5.74, 6) is 0. The van der Waals surface area contributed by atoms with E-state index in [-0.39, 0.29) is 0 Å². The van der Waals surface area contributed by atoms with Crippen LogP contribution in [0.1, 0.15) is 0 Å². The number of hydrogen-bond donors (Lipinski definition) is 0. The van der Waals surface area contributed by atoms with E-state index in [4.69, 9.17) is 4.42 Å². The van der Waals surface area contributed by atoms with Crippen LogP contribution in [0.5, 0.6) is 0 Å². The maximum Gasteiger partial charge on any atom is 0.146 e. The van der Waals surface area contributed by atoms with Crippen LogP contribution in [-0.2, 0) is 0 Å². The quantitative estimate of drug-likeness (QED) is 0.152. The van der Waals surface area contributed by atoms with Gasteiger partial charge in [0.1, 0.15) is 11.2 Å². The number of fused-ring (bicyclic) bond motifs is 8. The first-order valence-corrected chi connectivity index (χ1v) is 23.4. The molecule has 0 aliphatic carbocycles. The van der Waals surface area contributed by atoms with Crippen molar-refractivity contribution >= 4 is 91.3 Å². The molecule has 0 saturated heterocycles. The molecular weight excluding hydrogens is 791 g/mol. The molecule has 62 heavy (non-hydrogen) atoms. The second kappa shape index (κ2) is 15.0. The Balaban J connectivity index is 1.10. The van der Waals surface area contributed by atoms with E-state index in [2.05, 4.69) is 241 Å². The first-order chi connectivity index (χ1) is 30.7. The molecule has 2 aromatic heterocycles.